The lowest BCUT2D eigenvalue weighted by Gasteiger charge is -2.12. The van der Waals surface area contributed by atoms with Crippen LogP contribution >= 0.6 is 15.9 Å². The Hall–Kier alpha value is -3.44. The summed E-state index contributed by atoms with van der Waals surface area (Å²) in [6.07, 6.45) is 2.94. The van der Waals surface area contributed by atoms with Gasteiger partial charge in [0.15, 0.2) is 5.78 Å². The maximum Gasteiger partial charge on any atom is 0.260 e. The third kappa shape index (κ3) is 3.91. The van der Waals surface area contributed by atoms with E-state index >= 15 is 0 Å². The molecule has 0 spiro atoms. The van der Waals surface area contributed by atoms with Crippen LogP contribution in [-0.4, -0.2) is 15.9 Å². The molecule has 4 aromatic rings. The normalized spacial score (nSPS) is 11.2. The van der Waals surface area contributed by atoms with Crippen LogP contribution in [0, 0.1) is 0 Å². The first-order valence-corrected chi connectivity index (χ1v) is 9.74. The van der Waals surface area contributed by atoms with Gasteiger partial charge in [-0.15, -0.1) is 0 Å². The molecule has 0 saturated carbocycles. The zero-order valence-electron chi connectivity index (χ0n) is 15.2. The van der Waals surface area contributed by atoms with Crippen molar-refractivity contribution in [1.29, 1.82) is 0 Å². The number of aromatic hydroxyl groups is 1. The average Bonchev–Trinajstić information content (AvgIpc) is 2.72. The van der Waals surface area contributed by atoms with Gasteiger partial charge in [0, 0.05) is 20.9 Å². The number of fused-ring (bicyclic) bond motifs is 1. The number of ketones is 1. The number of aromatic nitrogens is 1. The van der Waals surface area contributed by atoms with E-state index in [-0.39, 0.29) is 11.3 Å². The molecular formula is C24H16BrNO3. The van der Waals surface area contributed by atoms with Crippen LogP contribution in [0.5, 0.6) is 5.75 Å². The highest BCUT2D eigenvalue weighted by atomic mass is 79.9. The van der Waals surface area contributed by atoms with E-state index < -0.39 is 11.3 Å². The van der Waals surface area contributed by atoms with Crippen LogP contribution < -0.4 is 5.56 Å². The van der Waals surface area contributed by atoms with E-state index in [1.165, 1.54) is 6.08 Å². The molecule has 0 aliphatic carbocycles. The minimum absolute atomic E-state index is 0.0817. The molecule has 0 radical (unpaired) electrons. The molecule has 1 aromatic heterocycles. The summed E-state index contributed by atoms with van der Waals surface area (Å²) in [5, 5.41) is 10.4. The van der Waals surface area contributed by atoms with Crippen molar-refractivity contribution in [2.24, 2.45) is 0 Å². The third-order valence-electron chi connectivity index (χ3n) is 4.58. The number of hydrogen-bond donors (Lipinski definition) is 2. The minimum Gasteiger partial charge on any atom is -0.508 e. The van der Waals surface area contributed by atoms with Crippen LogP contribution in [0.3, 0.4) is 0 Å². The van der Waals surface area contributed by atoms with Gasteiger partial charge in [-0.3, -0.25) is 9.59 Å². The minimum atomic E-state index is -0.441. The molecule has 2 N–H and O–H groups in total. The van der Waals surface area contributed by atoms with Crippen molar-refractivity contribution in [1.82, 2.24) is 4.98 Å². The molecule has 142 valence electrons. The van der Waals surface area contributed by atoms with Gasteiger partial charge >= 0.3 is 0 Å². The van der Waals surface area contributed by atoms with Crippen molar-refractivity contribution in [3.8, 4) is 16.9 Å². The van der Waals surface area contributed by atoms with Gasteiger partial charge in [0.25, 0.3) is 5.56 Å². The highest BCUT2D eigenvalue weighted by Gasteiger charge is 2.19. The Balaban J connectivity index is 1.92. The zero-order chi connectivity index (χ0) is 20.4. The van der Waals surface area contributed by atoms with Crippen molar-refractivity contribution in [3.05, 3.63) is 105 Å². The second-order valence-corrected chi connectivity index (χ2v) is 7.47. The van der Waals surface area contributed by atoms with E-state index in [1.54, 1.807) is 30.3 Å². The molecule has 3 aromatic carbocycles. The van der Waals surface area contributed by atoms with Crippen LogP contribution in [-0.2, 0) is 0 Å². The fourth-order valence-corrected chi connectivity index (χ4v) is 3.65. The Labute approximate surface area is 175 Å². The molecule has 0 aliphatic heterocycles. The first-order valence-electron chi connectivity index (χ1n) is 8.95. The Morgan fingerprint density at radius 3 is 2.52 bits per heavy atom. The maximum atomic E-state index is 13.1. The maximum absolute atomic E-state index is 13.1. The van der Waals surface area contributed by atoms with Crippen LogP contribution in [0.1, 0.15) is 15.9 Å². The lowest BCUT2D eigenvalue weighted by atomic mass is 9.94. The van der Waals surface area contributed by atoms with E-state index in [9.17, 15) is 14.7 Å². The highest BCUT2D eigenvalue weighted by Crippen LogP contribution is 2.31. The molecule has 4 rings (SSSR count). The van der Waals surface area contributed by atoms with Crippen LogP contribution in [0.25, 0.3) is 28.1 Å². The second kappa shape index (κ2) is 7.89. The average molecular weight is 446 g/mol. The summed E-state index contributed by atoms with van der Waals surface area (Å²) in [5.41, 5.74) is 2.35. The predicted octanol–water partition coefficient (Wildman–Crippen LogP) is 5.56. The number of benzene rings is 3. The summed E-state index contributed by atoms with van der Waals surface area (Å²) < 4.78 is 0.850. The fraction of sp³-hybridized carbons (Fsp3) is 0. The summed E-state index contributed by atoms with van der Waals surface area (Å²) in [4.78, 5) is 28.7. The number of hydrogen-bond acceptors (Lipinski definition) is 3. The van der Waals surface area contributed by atoms with Crippen LogP contribution in [0.2, 0.25) is 0 Å². The molecule has 0 unspecified atom stereocenters. The third-order valence-corrected chi connectivity index (χ3v) is 5.08. The highest BCUT2D eigenvalue weighted by molar-refractivity contribution is 9.10. The zero-order valence-corrected chi connectivity index (χ0v) is 16.8. The van der Waals surface area contributed by atoms with Crippen molar-refractivity contribution in [3.63, 3.8) is 0 Å². The summed E-state index contributed by atoms with van der Waals surface area (Å²) in [5.74, 6) is -0.298. The molecule has 4 nitrogen and oxygen atoms in total. The number of pyridine rings is 1. The molecule has 0 aliphatic rings. The number of rotatable bonds is 4. The molecule has 1 heterocycles. The number of nitrogens with one attached hydrogen (secondary N) is 1. The Bertz CT molecular complexity index is 1310. The van der Waals surface area contributed by atoms with Crippen molar-refractivity contribution >= 4 is 38.7 Å². The Morgan fingerprint density at radius 1 is 0.966 bits per heavy atom. The van der Waals surface area contributed by atoms with E-state index in [4.69, 9.17) is 0 Å². The van der Waals surface area contributed by atoms with E-state index in [0.717, 1.165) is 15.4 Å². The van der Waals surface area contributed by atoms with Crippen molar-refractivity contribution in [2.45, 2.75) is 0 Å². The molecule has 0 fully saturated rings. The van der Waals surface area contributed by atoms with Gasteiger partial charge in [-0.05, 0) is 47.5 Å². The number of H-pyrrole nitrogens is 1. The van der Waals surface area contributed by atoms with Gasteiger partial charge in [0.2, 0.25) is 0 Å². The van der Waals surface area contributed by atoms with Crippen molar-refractivity contribution < 1.29 is 9.90 Å². The van der Waals surface area contributed by atoms with Gasteiger partial charge in [-0.2, -0.15) is 0 Å². The largest absolute Gasteiger partial charge is 0.508 e. The number of phenols is 1. The summed E-state index contributed by atoms with van der Waals surface area (Å²) in [7, 11) is 0. The van der Waals surface area contributed by atoms with Gasteiger partial charge in [0.05, 0.1) is 5.56 Å². The van der Waals surface area contributed by atoms with E-state index in [0.29, 0.717) is 16.6 Å². The number of phenolic OH excluding ortho intramolecular Hbond substituents is 1. The molecule has 0 saturated heterocycles. The smallest absolute Gasteiger partial charge is 0.260 e. The quantitative estimate of drug-likeness (QED) is 0.319. The van der Waals surface area contributed by atoms with Gasteiger partial charge < -0.3 is 10.1 Å². The first kappa shape index (κ1) is 18.9. The molecule has 5 heteroatoms. The standard InChI is InChI=1S/C24H16BrNO3/c25-17-10-11-20-19(14-17)22(16-6-2-1-3-7-16)23(24(29)26-20)21(28)12-9-15-5-4-8-18(27)13-15/h1-14,27H,(H,26,29)/b12-9+. The number of carbonyl (C=O) groups excluding carboxylic acids is 1. The summed E-state index contributed by atoms with van der Waals surface area (Å²) >= 11 is 3.47. The lowest BCUT2D eigenvalue weighted by molar-refractivity contribution is 0.104. The van der Waals surface area contributed by atoms with Crippen LogP contribution in [0.4, 0.5) is 0 Å². The van der Waals surface area contributed by atoms with E-state index in [2.05, 4.69) is 20.9 Å². The SMILES string of the molecule is O=C(/C=C/c1cccc(O)c1)c1c(-c2ccccc2)c2cc(Br)ccc2[nH]c1=O. The molecule has 0 atom stereocenters. The first-order chi connectivity index (χ1) is 14.0. The fourth-order valence-electron chi connectivity index (χ4n) is 3.29. The number of halogens is 1. The van der Waals surface area contributed by atoms with Crippen molar-refractivity contribution in [2.75, 3.05) is 0 Å². The van der Waals surface area contributed by atoms with E-state index in [1.807, 2.05) is 48.5 Å². The number of carbonyl (C=O) groups is 1. The lowest BCUT2D eigenvalue weighted by Crippen LogP contribution is -2.18. The Kier molecular flexibility index (Phi) is 5.14. The molecule has 0 bridgehead atoms. The predicted molar refractivity (Wildman–Crippen MR) is 119 cm³/mol. The second-order valence-electron chi connectivity index (χ2n) is 6.55. The van der Waals surface area contributed by atoms with Crippen LogP contribution in [0.15, 0.2) is 88.1 Å². The number of aromatic amines is 1. The van der Waals surface area contributed by atoms with Gasteiger partial charge in [-0.1, -0.05) is 64.5 Å². The van der Waals surface area contributed by atoms with Gasteiger partial charge in [0.1, 0.15) is 5.75 Å². The molecule has 29 heavy (non-hydrogen) atoms. The summed E-state index contributed by atoms with van der Waals surface area (Å²) in [6.45, 7) is 0. The molecule has 0 amide bonds. The van der Waals surface area contributed by atoms with Gasteiger partial charge in [-0.25, -0.2) is 0 Å². The number of allylic oxidation sites excluding steroid dienone is 1. The topological polar surface area (TPSA) is 70.2 Å². The monoisotopic (exact) mass is 445 g/mol. The molecular weight excluding hydrogens is 430 g/mol. The summed E-state index contributed by atoms with van der Waals surface area (Å²) in [6, 6.07) is 21.5. The Morgan fingerprint density at radius 2 is 1.76 bits per heavy atom.